The molecule has 6 aromatic rings. The van der Waals surface area contributed by atoms with Gasteiger partial charge in [-0.1, -0.05) is 38.3 Å². The standard InChI is InChI=1S/C56H79BrN16O26P4S5/c1-27(2)29-14-42(69-7-4-40(59)63-53(69)78)92-36(29)22-89-102(106,86-13-12-85-11-10-84-9-6-58)98-33-17-44(71-19-28(3)49(75)67-55(71)80)94-37(33)23-87-101(83,105)97-32-16-46(73-26-62-47-48(73)65-52(61)66-51(47)77)95-39(32)25-90-103(107,108)99-34-18-43(70-8-5-41(60)64-54(70)79)93-38(34)24-88-100(82,104)96-31-15-45(91-35(31)21-74)72-20-30(57)50(76)68-56(72)81/h4-5,7-8,19-20,26-27,29,31-39,42-46,74H,6,9-18,21-25,58H2,1-3H3,(H,82,104)(H,83,105)(H,107,108)(H2,59,63,78)(H2,60,64,79)(H,67,75,80)(H,68,76,81)(H3,61,65,66,77)/t29-,31+,32+,33+,34+,35+,36+,37+,38+,39+,42+,43+,44+,45+,46+,100?,101?,102?/m0/s1. The molecule has 596 valence electrons. The van der Waals surface area contributed by atoms with Crippen LogP contribution >= 0.6 is 66.4 Å². The number of hydrogen-bond acceptors (Lipinski definition) is 36. The Hall–Kier alpha value is -4.53. The lowest BCUT2D eigenvalue weighted by molar-refractivity contribution is -0.0549. The number of nitrogens with two attached hydrogens (primary N) is 4. The number of halogens is 1. The molecule has 42 nitrogen and oxygen atoms in total. The van der Waals surface area contributed by atoms with Gasteiger partial charge in [-0.25, -0.2) is 28.7 Å². The Morgan fingerprint density at radius 3 is 1.70 bits per heavy atom. The molecule has 4 unspecified atom stereocenters. The third-order valence-electron chi connectivity index (χ3n) is 17.6. The summed E-state index contributed by atoms with van der Waals surface area (Å²) in [4.78, 5) is 125. The summed E-state index contributed by atoms with van der Waals surface area (Å²) in [7, 11) is 0. The van der Waals surface area contributed by atoms with E-state index in [1.165, 1.54) is 59.3 Å². The Morgan fingerprint density at radius 2 is 1.10 bits per heavy atom. The number of fused-ring (bicyclic) bond motifs is 1. The maximum absolute atomic E-state index is 14.1. The number of nitrogens with one attached hydrogen (secondary N) is 3. The van der Waals surface area contributed by atoms with Crippen molar-refractivity contribution in [3.8, 4) is 0 Å². The Kier molecular flexibility index (Phi) is 28.4. The van der Waals surface area contributed by atoms with Gasteiger partial charge in [0.25, 0.3) is 16.7 Å². The zero-order valence-corrected chi connectivity index (χ0v) is 66.8. The quantitative estimate of drug-likeness (QED) is 0.0151. The van der Waals surface area contributed by atoms with E-state index in [2.05, 4.69) is 75.3 Å². The van der Waals surface area contributed by atoms with Crippen LogP contribution in [0.1, 0.15) is 82.7 Å². The SMILES string of the molecule is Cc1cn([C@H]2C[C@@H](OP(=S)(OCCOCCOCCN)OC[C@H]3O[C@@H](n4ccc(N)nc4=O)C[C@H]3C(C)C)[C@@H](COP(O)(=S)O[C@@H]3C[C@H](n4cnc5c(=O)[nH]c(N)nc54)O[C@@H]3COP(=S)(S)O[C@@H]3C[C@H](n4ccc(N)nc4=O)O[C@@H]3COP(=O)(S)O[C@@H]3C[C@H](n4cc(Br)c(=O)[nH]c4=O)O[C@@H]3CO)O2)c(=O)[nH]c1=O. The van der Waals surface area contributed by atoms with Crippen molar-refractivity contribution in [2.45, 2.75) is 139 Å². The number of imidazole rings is 1. The first kappa shape index (κ1) is 84.4. The van der Waals surface area contributed by atoms with Crippen molar-refractivity contribution in [1.29, 1.82) is 0 Å². The van der Waals surface area contributed by atoms with Crippen molar-refractivity contribution in [1.82, 2.24) is 57.7 Å². The topological polar surface area (TPSA) is 552 Å². The fourth-order valence-electron chi connectivity index (χ4n) is 12.4. The summed E-state index contributed by atoms with van der Waals surface area (Å²) in [6, 6.07) is 2.82. The van der Waals surface area contributed by atoms with Crippen molar-refractivity contribution in [3.63, 3.8) is 0 Å². The molecule has 11 heterocycles. The van der Waals surface area contributed by atoms with E-state index >= 15 is 0 Å². The minimum atomic E-state index is -4.57. The Balaban J connectivity index is 0.816. The molecular weight excluding hydrogens is 1680 g/mol. The van der Waals surface area contributed by atoms with Gasteiger partial charge in [-0.15, -0.1) is 0 Å². The maximum Gasteiger partial charge on any atom is 0.386 e. The Labute approximate surface area is 645 Å². The van der Waals surface area contributed by atoms with Crippen LogP contribution in [0.15, 0.2) is 81.3 Å². The van der Waals surface area contributed by atoms with Gasteiger partial charge in [0.05, 0.1) is 101 Å². The molecule has 5 aliphatic heterocycles. The van der Waals surface area contributed by atoms with Crippen LogP contribution in [0.25, 0.3) is 11.2 Å². The summed E-state index contributed by atoms with van der Waals surface area (Å²) < 4.78 is 119. The molecule has 52 heteroatoms. The zero-order valence-electron chi connectivity index (χ0n) is 57.4. The molecule has 5 fully saturated rings. The van der Waals surface area contributed by atoms with Gasteiger partial charge in [-0.3, -0.25) is 61.2 Å². The number of ether oxygens (including phenoxy) is 7. The summed E-state index contributed by atoms with van der Waals surface area (Å²) >= 11 is 29.8. The molecule has 0 spiro atoms. The average Bonchev–Trinajstić information content (AvgIpc) is 1.62. The molecule has 108 heavy (non-hydrogen) atoms. The van der Waals surface area contributed by atoms with Gasteiger partial charge in [0, 0.05) is 62.6 Å². The van der Waals surface area contributed by atoms with Gasteiger partial charge in [0.15, 0.2) is 11.2 Å². The van der Waals surface area contributed by atoms with Crippen molar-refractivity contribution in [2.24, 2.45) is 17.6 Å². The summed E-state index contributed by atoms with van der Waals surface area (Å²) in [5, 5.41) is 10.2. The van der Waals surface area contributed by atoms with Crippen molar-refractivity contribution < 1.29 is 88.4 Å². The van der Waals surface area contributed by atoms with E-state index in [9.17, 15) is 48.1 Å². The van der Waals surface area contributed by atoms with Gasteiger partial charge in [0.1, 0.15) is 73.3 Å². The number of aliphatic hydroxyl groups is 1. The molecule has 0 radical (unpaired) electrons. The average molecular weight is 1760 g/mol. The van der Waals surface area contributed by atoms with Crippen molar-refractivity contribution in [2.75, 3.05) is 89.8 Å². The number of aromatic amines is 3. The second-order valence-electron chi connectivity index (χ2n) is 25.4. The smallest absolute Gasteiger partial charge is 0.386 e. The molecule has 0 aromatic carbocycles. The number of rotatable bonds is 36. The van der Waals surface area contributed by atoms with Crippen LogP contribution in [-0.4, -0.2) is 195 Å². The van der Waals surface area contributed by atoms with Crippen LogP contribution in [0.5, 0.6) is 0 Å². The molecule has 6 aromatic heterocycles. The van der Waals surface area contributed by atoms with E-state index in [-0.39, 0.29) is 109 Å². The van der Waals surface area contributed by atoms with Crippen LogP contribution in [-0.2, 0) is 114 Å². The number of hydrogen-bond donors (Lipinski definition) is 11. The first-order valence-corrected chi connectivity index (χ1v) is 45.6. The molecule has 0 bridgehead atoms. The van der Waals surface area contributed by atoms with Crippen LogP contribution in [0.2, 0.25) is 0 Å². The predicted octanol–water partition coefficient (Wildman–Crippen LogP) is 1.50. The largest absolute Gasteiger partial charge is 0.394 e. The van der Waals surface area contributed by atoms with Gasteiger partial charge in [-0.05, 0) is 88.7 Å². The van der Waals surface area contributed by atoms with Crippen LogP contribution in [0, 0.1) is 18.8 Å². The van der Waals surface area contributed by atoms with Crippen molar-refractivity contribution in [3.05, 3.63) is 126 Å². The maximum atomic E-state index is 14.1. The predicted molar refractivity (Wildman–Crippen MR) is 402 cm³/mol. The molecule has 0 saturated carbocycles. The van der Waals surface area contributed by atoms with E-state index in [0.717, 1.165) is 13.7 Å². The lowest BCUT2D eigenvalue weighted by atomic mass is 9.89. The summed E-state index contributed by atoms with van der Waals surface area (Å²) in [6.07, 6.45) is -9.75. The number of nitrogen functional groups attached to an aromatic ring is 3. The summed E-state index contributed by atoms with van der Waals surface area (Å²) in [5.41, 5.74) is 14.1. The Morgan fingerprint density at radius 1 is 0.602 bits per heavy atom. The highest BCUT2D eigenvalue weighted by atomic mass is 79.9. The molecule has 0 aliphatic carbocycles. The lowest BCUT2D eigenvalue weighted by Crippen LogP contribution is -2.33. The number of aryl methyl sites for hydroxylation is 1. The lowest BCUT2D eigenvalue weighted by Gasteiger charge is -2.30. The summed E-state index contributed by atoms with van der Waals surface area (Å²) in [6.45, 7) is -9.47. The van der Waals surface area contributed by atoms with Crippen LogP contribution < -0.4 is 62.4 Å². The number of nitrogens with zero attached hydrogens (tertiary/aromatic N) is 9. The van der Waals surface area contributed by atoms with Gasteiger partial charge in [0.2, 0.25) is 11.6 Å². The fraction of sp³-hybridized carbons (Fsp3) is 0.625. The minimum absolute atomic E-state index is 0.00145. The molecular formula is C56H79BrN16O26P4S5. The number of aromatic nitrogens is 12. The normalized spacial score (nSPS) is 28.2. The first-order chi connectivity index (χ1) is 51.2. The van der Waals surface area contributed by atoms with E-state index in [1.807, 2.05) is 13.8 Å². The fourth-order valence-corrected chi connectivity index (χ4v) is 19.9. The number of H-pyrrole nitrogens is 3. The van der Waals surface area contributed by atoms with E-state index < -0.39 is 178 Å². The van der Waals surface area contributed by atoms with Crippen LogP contribution in [0.3, 0.4) is 0 Å². The second kappa shape index (κ2) is 36.3. The van der Waals surface area contributed by atoms with Gasteiger partial charge < -0.3 is 97.8 Å². The molecule has 13 N–H and O–H groups in total. The summed E-state index contributed by atoms with van der Waals surface area (Å²) in [5.74, 6) is -0.524. The molecule has 5 aliphatic rings. The first-order valence-electron chi connectivity index (χ1n) is 33.2. The third kappa shape index (κ3) is 21.3. The van der Waals surface area contributed by atoms with E-state index in [4.69, 9.17) is 132 Å². The number of anilines is 3. The monoisotopic (exact) mass is 1750 g/mol. The third-order valence-corrected chi connectivity index (χ3v) is 26.0. The van der Waals surface area contributed by atoms with E-state index in [1.54, 1.807) is 0 Å². The molecule has 5 saturated heterocycles. The second-order valence-corrected chi connectivity index (χ2v) is 40.1. The highest BCUT2D eigenvalue weighted by Crippen LogP contribution is 2.60. The molecule has 19 atom stereocenters. The van der Waals surface area contributed by atoms with Gasteiger partial charge >= 0.3 is 43.0 Å². The minimum Gasteiger partial charge on any atom is -0.394 e. The zero-order chi connectivity index (χ0) is 77.7. The number of thiol groups is 2. The molecule has 11 rings (SSSR count). The van der Waals surface area contributed by atoms with Crippen molar-refractivity contribution >= 4 is 131 Å². The van der Waals surface area contributed by atoms with Crippen LogP contribution in [0.4, 0.5) is 17.6 Å². The van der Waals surface area contributed by atoms with E-state index in [0.29, 0.717) is 19.6 Å². The highest BCUT2D eigenvalue weighted by molar-refractivity contribution is 9.10. The molecule has 0 amide bonds. The highest BCUT2D eigenvalue weighted by Gasteiger charge is 2.49. The Bertz CT molecular complexity index is 4850. The van der Waals surface area contributed by atoms with Gasteiger partial charge in [-0.2, -0.15) is 15.0 Å². The number of aliphatic hydroxyl groups excluding tert-OH is 1.